The van der Waals surface area contributed by atoms with Gasteiger partial charge in [-0.2, -0.15) is 0 Å². The molecule has 2 atom stereocenters. The molecule has 22 heavy (non-hydrogen) atoms. The van der Waals surface area contributed by atoms with Crippen molar-refractivity contribution in [1.82, 2.24) is 16.0 Å². The van der Waals surface area contributed by atoms with Crippen LogP contribution in [0.5, 0.6) is 0 Å². The van der Waals surface area contributed by atoms with E-state index in [0.717, 1.165) is 0 Å². The van der Waals surface area contributed by atoms with E-state index in [1.165, 1.54) is 0 Å². The van der Waals surface area contributed by atoms with Gasteiger partial charge in [0.15, 0.2) is 0 Å². The van der Waals surface area contributed by atoms with Gasteiger partial charge in [-0.1, -0.05) is 13.8 Å². The first-order valence-electron chi connectivity index (χ1n) is 7.13. The fourth-order valence-electron chi connectivity index (χ4n) is 1.88. The summed E-state index contributed by atoms with van der Waals surface area (Å²) in [6.07, 6.45) is -0.715. The Kier molecular flexibility index (Phi) is 5.51. The van der Waals surface area contributed by atoms with Crippen molar-refractivity contribution >= 4 is 23.7 Å². The zero-order chi connectivity index (χ0) is 17.1. The molecule has 0 aromatic heterocycles. The lowest BCUT2D eigenvalue weighted by Crippen LogP contribution is -2.54. The number of ketones is 1. The zero-order valence-corrected chi connectivity index (χ0v) is 13.5. The molecule has 0 aromatic rings. The van der Waals surface area contributed by atoms with Gasteiger partial charge in [0.1, 0.15) is 17.7 Å². The molecule has 0 bridgehead atoms. The lowest BCUT2D eigenvalue weighted by Gasteiger charge is -2.25. The highest BCUT2D eigenvalue weighted by Gasteiger charge is 2.36. The molecular formula is C14H23N3O5. The van der Waals surface area contributed by atoms with Gasteiger partial charge < -0.3 is 20.7 Å². The summed E-state index contributed by atoms with van der Waals surface area (Å²) in [5.74, 6) is -2.15. The number of carbonyl (C=O) groups excluding carboxylic acids is 4. The third kappa shape index (κ3) is 5.01. The number of ether oxygens (including phenoxy) is 1. The van der Waals surface area contributed by atoms with Gasteiger partial charge in [-0.3, -0.25) is 14.4 Å². The first kappa shape index (κ1) is 17.9. The molecule has 8 nitrogen and oxygen atoms in total. The van der Waals surface area contributed by atoms with Gasteiger partial charge in [0.05, 0.1) is 0 Å². The number of hydrogen-bond donors (Lipinski definition) is 3. The predicted octanol–water partition coefficient (Wildman–Crippen LogP) is -0.281. The number of Topliss-reactive ketones (excluding diaryl/α,β-unsaturated/α-hetero) is 1. The average Bonchev–Trinajstić information content (AvgIpc) is 2.65. The summed E-state index contributed by atoms with van der Waals surface area (Å²) in [4.78, 5) is 46.6. The molecule has 3 N–H and O–H groups in total. The van der Waals surface area contributed by atoms with E-state index >= 15 is 0 Å². The molecule has 3 amide bonds. The SMILES string of the molecule is CC(C)C(NC(=O)OC(C)(C)C)C(=O)NC1CNC(=O)C1=O. The maximum Gasteiger partial charge on any atom is 0.408 e. The molecule has 0 saturated carbocycles. The number of nitrogens with one attached hydrogen (secondary N) is 3. The molecule has 124 valence electrons. The second-order valence-corrected chi connectivity index (χ2v) is 6.50. The van der Waals surface area contributed by atoms with E-state index in [2.05, 4.69) is 16.0 Å². The minimum absolute atomic E-state index is 0.0562. The van der Waals surface area contributed by atoms with E-state index in [9.17, 15) is 19.2 Å². The maximum atomic E-state index is 12.2. The van der Waals surface area contributed by atoms with Crippen molar-refractivity contribution in [3.05, 3.63) is 0 Å². The lowest BCUT2D eigenvalue weighted by atomic mass is 10.0. The van der Waals surface area contributed by atoms with Crippen LogP contribution in [0, 0.1) is 5.92 Å². The zero-order valence-electron chi connectivity index (χ0n) is 13.5. The first-order valence-corrected chi connectivity index (χ1v) is 7.13. The second kappa shape index (κ2) is 6.76. The molecule has 1 heterocycles. The van der Waals surface area contributed by atoms with Crippen molar-refractivity contribution < 1.29 is 23.9 Å². The van der Waals surface area contributed by atoms with Crippen LogP contribution in [0.3, 0.4) is 0 Å². The molecule has 1 aliphatic rings. The van der Waals surface area contributed by atoms with E-state index in [1.54, 1.807) is 34.6 Å². The van der Waals surface area contributed by atoms with Crippen LogP contribution in [0.4, 0.5) is 4.79 Å². The van der Waals surface area contributed by atoms with Crippen LogP contribution in [0.1, 0.15) is 34.6 Å². The van der Waals surface area contributed by atoms with Crippen molar-refractivity contribution in [1.29, 1.82) is 0 Å². The summed E-state index contributed by atoms with van der Waals surface area (Å²) in [6.45, 7) is 8.70. The van der Waals surface area contributed by atoms with Gasteiger partial charge in [0, 0.05) is 6.54 Å². The number of rotatable bonds is 4. The Balaban J connectivity index is 2.66. The highest BCUT2D eigenvalue weighted by atomic mass is 16.6. The number of carbonyl (C=O) groups is 4. The van der Waals surface area contributed by atoms with Crippen LogP contribution < -0.4 is 16.0 Å². The monoisotopic (exact) mass is 313 g/mol. The summed E-state index contributed by atoms with van der Waals surface area (Å²) >= 11 is 0. The van der Waals surface area contributed by atoms with Crippen molar-refractivity contribution in [2.24, 2.45) is 5.92 Å². The predicted molar refractivity (Wildman–Crippen MR) is 77.9 cm³/mol. The molecule has 8 heteroatoms. The van der Waals surface area contributed by atoms with Crippen molar-refractivity contribution in [2.75, 3.05) is 6.54 Å². The Labute approximate surface area is 129 Å². The van der Waals surface area contributed by atoms with Crippen molar-refractivity contribution in [2.45, 2.75) is 52.3 Å². The van der Waals surface area contributed by atoms with Gasteiger partial charge in [-0.25, -0.2) is 4.79 Å². The standard InChI is InChI=1S/C14H23N3O5/c1-7(2)9(17-13(21)22-14(3,4)5)11(19)16-8-6-15-12(20)10(8)18/h7-9H,6H2,1-5H3,(H,15,20)(H,16,19)(H,17,21). The summed E-state index contributed by atoms with van der Waals surface area (Å²) in [5, 5.41) is 7.30. The highest BCUT2D eigenvalue weighted by molar-refractivity contribution is 6.40. The van der Waals surface area contributed by atoms with E-state index in [1.807, 2.05) is 0 Å². The summed E-state index contributed by atoms with van der Waals surface area (Å²) in [5.41, 5.74) is -0.681. The Hall–Kier alpha value is -2.12. The third-order valence-electron chi connectivity index (χ3n) is 2.94. The number of hydrogen-bond acceptors (Lipinski definition) is 5. The van der Waals surface area contributed by atoms with Gasteiger partial charge in [0.25, 0.3) is 5.91 Å². The second-order valence-electron chi connectivity index (χ2n) is 6.50. The van der Waals surface area contributed by atoms with Crippen LogP contribution >= 0.6 is 0 Å². The highest BCUT2D eigenvalue weighted by Crippen LogP contribution is 2.09. The molecule has 0 aliphatic carbocycles. The van der Waals surface area contributed by atoms with Crippen LogP contribution in [-0.4, -0.2) is 47.9 Å². The molecule has 0 spiro atoms. The van der Waals surface area contributed by atoms with Crippen LogP contribution in [0.15, 0.2) is 0 Å². The topological polar surface area (TPSA) is 114 Å². The molecule has 1 saturated heterocycles. The number of alkyl carbamates (subject to hydrolysis) is 1. The van der Waals surface area contributed by atoms with E-state index in [-0.39, 0.29) is 12.5 Å². The molecule has 0 aromatic carbocycles. The summed E-state index contributed by atoms with van der Waals surface area (Å²) in [7, 11) is 0. The van der Waals surface area contributed by atoms with Gasteiger partial charge >= 0.3 is 6.09 Å². The molecule has 0 radical (unpaired) electrons. The minimum Gasteiger partial charge on any atom is -0.444 e. The fraction of sp³-hybridized carbons (Fsp3) is 0.714. The number of amides is 3. The van der Waals surface area contributed by atoms with Gasteiger partial charge in [-0.15, -0.1) is 0 Å². The fourth-order valence-corrected chi connectivity index (χ4v) is 1.88. The molecule has 1 aliphatic heterocycles. The van der Waals surface area contributed by atoms with Crippen LogP contribution in [0.25, 0.3) is 0 Å². The minimum atomic E-state index is -0.901. The average molecular weight is 313 g/mol. The molecular weight excluding hydrogens is 290 g/mol. The third-order valence-corrected chi connectivity index (χ3v) is 2.94. The summed E-state index contributed by atoms with van der Waals surface area (Å²) in [6, 6.07) is -1.76. The smallest absolute Gasteiger partial charge is 0.408 e. The molecule has 2 unspecified atom stereocenters. The Morgan fingerprint density at radius 2 is 1.86 bits per heavy atom. The van der Waals surface area contributed by atoms with E-state index < -0.39 is 41.4 Å². The van der Waals surface area contributed by atoms with E-state index in [0.29, 0.717) is 0 Å². The largest absolute Gasteiger partial charge is 0.444 e. The Morgan fingerprint density at radius 3 is 2.27 bits per heavy atom. The van der Waals surface area contributed by atoms with Crippen molar-refractivity contribution in [3.63, 3.8) is 0 Å². The van der Waals surface area contributed by atoms with Crippen molar-refractivity contribution in [3.8, 4) is 0 Å². The Morgan fingerprint density at radius 1 is 1.27 bits per heavy atom. The molecule has 1 fully saturated rings. The quantitative estimate of drug-likeness (QED) is 0.618. The van der Waals surface area contributed by atoms with Gasteiger partial charge in [0.2, 0.25) is 11.7 Å². The Bertz CT molecular complexity index is 481. The van der Waals surface area contributed by atoms with E-state index in [4.69, 9.17) is 4.74 Å². The normalized spacial score (nSPS) is 19.6. The van der Waals surface area contributed by atoms with Crippen LogP contribution in [0.2, 0.25) is 0 Å². The van der Waals surface area contributed by atoms with Gasteiger partial charge in [-0.05, 0) is 26.7 Å². The lowest BCUT2D eigenvalue weighted by molar-refractivity contribution is -0.136. The summed E-state index contributed by atoms with van der Waals surface area (Å²) < 4.78 is 5.11. The first-order chi connectivity index (χ1) is 10.0. The molecule has 1 rings (SSSR count). The maximum absolute atomic E-state index is 12.2. The van der Waals surface area contributed by atoms with Crippen LogP contribution in [-0.2, 0) is 19.1 Å².